The summed E-state index contributed by atoms with van der Waals surface area (Å²) in [5.74, 6) is 0.492. The SMILES string of the molecule is CCOC(=O)CCc1c(C)c2ccc(OCC(=O)c3cccc(OC)c3)c(C)c2oc1=O. The number of hydrogen-bond acceptors (Lipinski definition) is 7. The summed E-state index contributed by atoms with van der Waals surface area (Å²) in [6.07, 6.45) is 0.354. The lowest BCUT2D eigenvalue weighted by atomic mass is 10.0. The predicted molar refractivity (Wildman–Crippen MR) is 120 cm³/mol. The first-order chi connectivity index (χ1) is 15.3. The zero-order valence-corrected chi connectivity index (χ0v) is 18.7. The van der Waals surface area contributed by atoms with Gasteiger partial charge in [-0.3, -0.25) is 9.59 Å². The monoisotopic (exact) mass is 438 g/mol. The van der Waals surface area contributed by atoms with E-state index >= 15 is 0 Å². The van der Waals surface area contributed by atoms with E-state index in [0.29, 0.717) is 40.4 Å². The normalized spacial score (nSPS) is 10.8. The highest BCUT2D eigenvalue weighted by molar-refractivity contribution is 5.97. The standard InChI is InChI=1S/C25H26O7/c1-5-30-23(27)12-10-20-15(2)19-9-11-22(16(3)24(19)32-25(20)28)31-14-21(26)17-7-6-8-18(13-17)29-4/h6-9,11,13H,5,10,12,14H2,1-4H3. The molecule has 32 heavy (non-hydrogen) atoms. The minimum atomic E-state index is -0.494. The number of ether oxygens (including phenoxy) is 3. The van der Waals surface area contributed by atoms with Crippen molar-refractivity contribution in [3.8, 4) is 11.5 Å². The van der Waals surface area contributed by atoms with Gasteiger partial charge in [-0.25, -0.2) is 4.79 Å². The summed E-state index contributed by atoms with van der Waals surface area (Å²) in [4.78, 5) is 36.7. The van der Waals surface area contributed by atoms with Gasteiger partial charge < -0.3 is 18.6 Å². The van der Waals surface area contributed by atoms with Crippen molar-refractivity contribution in [1.82, 2.24) is 0 Å². The summed E-state index contributed by atoms with van der Waals surface area (Å²) in [5, 5.41) is 0.757. The Morgan fingerprint density at radius 3 is 2.56 bits per heavy atom. The van der Waals surface area contributed by atoms with E-state index in [1.54, 1.807) is 50.2 Å². The third-order valence-corrected chi connectivity index (χ3v) is 5.29. The Balaban J connectivity index is 1.82. The molecule has 0 aliphatic rings. The molecule has 0 saturated carbocycles. The van der Waals surface area contributed by atoms with Crippen molar-refractivity contribution in [1.29, 1.82) is 0 Å². The van der Waals surface area contributed by atoms with Gasteiger partial charge >= 0.3 is 11.6 Å². The van der Waals surface area contributed by atoms with Crippen LogP contribution in [-0.2, 0) is 16.0 Å². The highest BCUT2D eigenvalue weighted by atomic mass is 16.5. The molecule has 1 aromatic heterocycles. The molecule has 7 heteroatoms. The molecule has 2 aromatic carbocycles. The summed E-state index contributed by atoms with van der Waals surface area (Å²) < 4.78 is 21.4. The molecule has 168 valence electrons. The van der Waals surface area contributed by atoms with Crippen LogP contribution in [0, 0.1) is 13.8 Å². The van der Waals surface area contributed by atoms with Crippen LogP contribution in [0.3, 0.4) is 0 Å². The second-order valence-corrected chi connectivity index (χ2v) is 7.31. The van der Waals surface area contributed by atoms with E-state index in [-0.39, 0.29) is 31.2 Å². The van der Waals surface area contributed by atoms with Crippen LogP contribution >= 0.6 is 0 Å². The quantitative estimate of drug-likeness (QED) is 0.281. The molecule has 3 rings (SSSR count). The molecule has 0 amide bonds. The highest BCUT2D eigenvalue weighted by Crippen LogP contribution is 2.30. The maximum Gasteiger partial charge on any atom is 0.339 e. The van der Waals surface area contributed by atoms with Crippen molar-refractivity contribution in [2.75, 3.05) is 20.3 Å². The smallest absolute Gasteiger partial charge is 0.339 e. The molecule has 0 saturated heterocycles. The lowest BCUT2D eigenvalue weighted by Crippen LogP contribution is -2.15. The molecule has 3 aromatic rings. The van der Waals surface area contributed by atoms with Crippen molar-refractivity contribution < 1.29 is 28.2 Å². The molecule has 0 aliphatic heterocycles. The second kappa shape index (κ2) is 10.1. The van der Waals surface area contributed by atoms with E-state index in [1.165, 1.54) is 7.11 Å². The number of rotatable bonds is 9. The fraction of sp³-hybridized carbons (Fsp3) is 0.320. The molecule has 0 aliphatic carbocycles. The van der Waals surface area contributed by atoms with E-state index in [1.807, 2.05) is 6.92 Å². The number of fused-ring (bicyclic) bond motifs is 1. The van der Waals surface area contributed by atoms with Crippen LogP contribution in [0.5, 0.6) is 11.5 Å². The van der Waals surface area contributed by atoms with E-state index in [4.69, 9.17) is 18.6 Å². The Morgan fingerprint density at radius 2 is 1.84 bits per heavy atom. The predicted octanol–water partition coefficient (Wildman–Crippen LogP) is 4.18. The highest BCUT2D eigenvalue weighted by Gasteiger charge is 2.17. The molecule has 0 fully saturated rings. The van der Waals surface area contributed by atoms with Gasteiger partial charge in [0.25, 0.3) is 0 Å². The number of Topliss-reactive ketones (excluding diaryl/α,β-unsaturated/α-hetero) is 1. The minimum absolute atomic E-state index is 0.109. The van der Waals surface area contributed by atoms with E-state index in [0.717, 1.165) is 10.9 Å². The van der Waals surface area contributed by atoms with Gasteiger partial charge in [0.15, 0.2) is 12.4 Å². The number of carbonyl (C=O) groups excluding carboxylic acids is 2. The molecule has 7 nitrogen and oxygen atoms in total. The average Bonchev–Trinajstić information content (AvgIpc) is 2.79. The van der Waals surface area contributed by atoms with Crippen molar-refractivity contribution in [3.63, 3.8) is 0 Å². The first kappa shape index (κ1) is 23.1. The van der Waals surface area contributed by atoms with Crippen LogP contribution in [0.15, 0.2) is 45.6 Å². The van der Waals surface area contributed by atoms with E-state index in [2.05, 4.69) is 0 Å². The lowest BCUT2D eigenvalue weighted by Gasteiger charge is -2.13. The van der Waals surface area contributed by atoms with E-state index in [9.17, 15) is 14.4 Å². The zero-order chi connectivity index (χ0) is 23.3. The topological polar surface area (TPSA) is 92.0 Å². The lowest BCUT2D eigenvalue weighted by molar-refractivity contribution is -0.143. The summed E-state index contributed by atoms with van der Waals surface area (Å²) >= 11 is 0. The molecule has 0 unspecified atom stereocenters. The average molecular weight is 438 g/mol. The number of aryl methyl sites for hydroxylation is 2. The van der Waals surface area contributed by atoms with Gasteiger partial charge in [0.05, 0.1) is 13.7 Å². The first-order valence-corrected chi connectivity index (χ1v) is 10.4. The third kappa shape index (κ3) is 4.99. The number of carbonyl (C=O) groups is 2. The van der Waals surface area contributed by atoms with Crippen LogP contribution in [0.2, 0.25) is 0 Å². The van der Waals surface area contributed by atoms with Gasteiger partial charge in [-0.1, -0.05) is 12.1 Å². The Labute approximate surface area is 185 Å². The Bertz CT molecular complexity index is 1210. The van der Waals surface area contributed by atoms with Gasteiger partial charge in [0.2, 0.25) is 0 Å². The van der Waals surface area contributed by atoms with Crippen LogP contribution in [0.4, 0.5) is 0 Å². The van der Waals surface area contributed by atoms with Gasteiger partial charge in [0, 0.05) is 28.5 Å². The number of methoxy groups -OCH3 is 1. The van der Waals surface area contributed by atoms with Gasteiger partial charge in [-0.15, -0.1) is 0 Å². The van der Waals surface area contributed by atoms with Gasteiger partial charge in [0.1, 0.15) is 17.1 Å². The number of benzene rings is 2. The first-order valence-electron chi connectivity index (χ1n) is 10.4. The van der Waals surface area contributed by atoms with Crippen LogP contribution in [0.25, 0.3) is 11.0 Å². The fourth-order valence-corrected chi connectivity index (χ4v) is 3.50. The number of ketones is 1. The van der Waals surface area contributed by atoms with E-state index < -0.39 is 5.63 Å². The molecule has 0 atom stereocenters. The largest absolute Gasteiger partial charge is 0.497 e. The fourth-order valence-electron chi connectivity index (χ4n) is 3.50. The Kier molecular flexibility index (Phi) is 7.30. The summed E-state index contributed by atoms with van der Waals surface area (Å²) in [7, 11) is 1.54. The maximum absolute atomic E-state index is 12.6. The number of hydrogen-bond donors (Lipinski definition) is 0. The van der Waals surface area contributed by atoms with Crippen LogP contribution in [-0.4, -0.2) is 32.1 Å². The van der Waals surface area contributed by atoms with Crippen LogP contribution in [0.1, 0.15) is 40.4 Å². The zero-order valence-electron chi connectivity index (χ0n) is 18.7. The van der Waals surface area contributed by atoms with Crippen molar-refractivity contribution in [2.24, 2.45) is 0 Å². The van der Waals surface area contributed by atoms with Crippen molar-refractivity contribution in [3.05, 3.63) is 69.1 Å². The maximum atomic E-state index is 12.6. The van der Waals surface area contributed by atoms with Gasteiger partial charge in [-0.05, 0) is 57.0 Å². The molecule has 0 bridgehead atoms. The molecular weight excluding hydrogens is 412 g/mol. The molecular formula is C25H26O7. The molecule has 1 heterocycles. The molecule has 0 spiro atoms. The molecule has 0 N–H and O–H groups in total. The Morgan fingerprint density at radius 1 is 1.06 bits per heavy atom. The Hall–Kier alpha value is -3.61. The van der Waals surface area contributed by atoms with Crippen LogP contribution < -0.4 is 15.1 Å². The summed E-state index contributed by atoms with van der Waals surface area (Å²) in [6.45, 7) is 5.47. The number of esters is 1. The minimum Gasteiger partial charge on any atom is -0.497 e. The third-order valence-electron chi connectivity index (χ3n) is 5.29. The van der Waals surface area contributed by atoms with Gasteiger partial charge in [-0.2, -0.15) is 0 Å². The summed E-state index contributed by atoms with van der Waals surface area (Å²) in [6, 6.07) is 10.4. The van der Waals surface area contributed by atoms with Crippen molar-refractivity contribution in [2.45, 2.75) is 33.6 Å². The van der Waals surface area contributed by atoms with Crippen molar-refractivity contribution >= 4 is 22.7 Å². The summed E-state index contributed by atoms with van der Waals surface area (Å²) in [5.41, 5.74) is 2.22. The molecule has 0 radical (unpaired) electrons. The second-order valence-electron chi connectivity index (χ2n) is 7.31.